The lowest BCUT2D eigenvalue weighted by molar-refractivity contribution is -0.675. The van der Waals surface area contributed by atoms with E-state index in [1.807, 2.05) is 6.92 Å². The molecule has 68 valence electrons. The molecular weight excluding hydrogens is 170 g/mol. The molecule has 0 saturated heterocycles. The number of quaternary nitrogens is 1. The molecule has 0 radical (unpaired) electrons. The van der Waals surface area contributed by atoms with Crippen molar-refractivity contribution in [2.45, 2.75) is 26.5 Å². The van der Waals surface area contributed by atoms with Crippen molar-refractivity contribution in [3.63, 3.8) is 0 Å². The zero-order valence-corrected chi connectivity index (χ0v) is 8.40. The fraction of sp³-hybridized carbons (Fsp3) is 0.556. The third-order valence-electron chi connectivity index (χ3n) is 1.81. The smallest absolute Gasteiger partial charge is 0.111 e. The monoisotopic (exact) mass is 186 g/mol. The molecule has 0 amide bonds. The minimum Gasteiger partial charge on any atom is -0.388 e. The van der Waals surface area contributed by atoms with E-state index in [0.29, 0.717) is 0 Å². The molecule has 0 bridgehead atoms. The molecule has 12 heavy (non-hydrogen) atoms. The first-order valence-corrected chi connectivity index (χ1v) is 5.11. The van der Waals surface area contributed by atoms with E-state index in [1.54, 1.807) is 11.3 Å². The highest BCUT2D eigenvalue weighted by atomic mass is 32.1. The van der Waals surface area contributed by atoms with Crippen LogP contribution in [0.3, 0.4) is 0 Å². The summed E-state index contributed by atoms with van der Waals surface area (Å²) in [7, 11) is 0. The van der Waals surface area contributed by atoms with Gasteiger partial charge in [0.05, 0.1) is 11.0 Å². The molecule has 0 aliphatic carbocycles. The molecule has 0 aliphatic heterocycles. The molecular formula is C9H16NOS+. The first kappa shape index (κ1) is 9.71. The molecule has 3 heteroatoms. The Bertz CT molecular complexity index is 232. The average molecular weight is 186 g/mol. The van der Waals surface area contributed by atoms with Crippen molar-refractivity contribution < 1.29 is 10.4 Å². The third-order valence-corrected chi connectivity index (χ3v) is 2.85. The molecule has 1 heterocycles. The van der Waals surface area contributed by atoms with Gasteiger partial charge in [-0.3, -0.25) is 0 Å². The second-order valence-corrected chi connectivity index (χ2v) is 4.10. The molecule has 0 saturated carbocycles. The lowest BCUT2D eigenvalue weighted by Gasteiger charge is -2.02. The van der Waals surface area contributed by atoms with Crippen LogP contribution in [0.4, 0.5) is 0 Å². The maximum atomic E-state index is 9.02. The van der Waals surface area contributed by atoms with Gasteiger partial charge in [-0.2, -0.15) is 0 Å². The van der Waals surface area contributed by atoms with Crippen molar-refractivity contribution in [2.24, 2.45) is 0 Å². The molecule has 1 rings (SSSR count). The summed E-state index contributed by atoms with van der Waals surface area (Å²) in [6.45, 7) is 5.73. The molecule has 0 spiro atoms. The number of aliphatic hydroxyl groups is 1. The largest absolute Gasteiger partial charge is 0.388 e. The Labute approximate surface area is 77.2 Å². The normalized spacial score (nSPS) is 13.2. The van der Waals surface area contributed by atoms with Crippen LogP contribution < -0.4 is 5.32 Å². The van der Waals surface area contributed by atoms with Crippen LogP contribution in [0.15, 0.2) is 11.4 Å². The predicted octanol–water partition coefficient (Wildman–Crippen LogP) is 0.501. The Balaban J connectivity index is 2.29. The molecule has 0 aromatic carbocycles. The molecule has 1 atom stereocenters. The van der Waals surface area contributed by atoms with E-state index in [0.717, 1.165) is 13.1 Å². The van der Waals surface area contributed by atoms with Gasteiger partial charge in [-0.05, 0) is 30.9 Å². The highest BCUT2D eigenvalue weighted by molar-refractivity contribution is 7.10. The van der Waals surface area contributed by atoms with Crippen LogP contribution in [0.25, 0.3) is 0 Å². The SMILES string of the molecule is Cc1ccsc1C[NH2+]C[C@@H](C)O. The summed E-state index contributed by atoms with van der Waals surface area (Å²) in [6.07, 6.45) is -0.203. The maximum Gasteiger partial charge on any atom is 0.111 e. The summed E-state index contributed by atoms with van der Waals surface area (Å²) < 4.78 is 0. The van der Waals surface area contributed by atoms with Crippen LogP contribution in [0.5, 0.6) is 0 Å². The molecule has 2 nitrogen and oxygen atoms in total. The fourth-order valence-electron chi connectivity index (χ4n) is 1.07. The number of hydrogen-bond acceptors (Lipinski definition) is 2. The van der Waals surface area contributed by atoms with E-state index >= 15 is 0 Å². The van der Waals surface area contributed by atoms with E-state index in [9.17, 15) is 0 Å². The second kappa shape index (κ2) is 4.60. The van der Waals surface area contributed by atoms with Gasteiger partial charge in [-0.1, -0.05) is 0 Å². The highest BCUT2D eigenvalue weighted by Gasteiger charge is 2.02. The maximum absolute atomic E-state index is 9.02. The van der Waals surface area contributed by atoms with Gasteiger partial charge in [-0.15, -0.1) is 11.3 Å². The van der Waals surface area contributed by atoms with Gasteiger partial charge >= 0.3 is 0 Å². The van der Waals surface area contributed by atoms with E-state index in [4.69, 9.17) is 5.11 Å². The quantitative estimate of drug-likeness (QED) is 0.706. The Kier molecular flexibility index (Phi) is 3.72. The van der Waals surface area contributed by atoms with Crippen LogP contribution in [0, 0.1) is 6.92 Å². The van der Waals surface area contributed by atoms with Gasteiger partial charge in [0.15, 0.2) is 0 Å². The molecule has 0 fully saturated rings. The minimum absolute atomic E-state index is 0.203. The summed E-state index contributed by atoms with van der Waals surface area (Å²) in [5.41, 5.74) is 1.36. The van der Waals surface area contributed by atoms with Gasteiger partial charge in [-0.25, -0.2) is 0 Å². The van der Waals surface area contributed by atoms with Crippen molar-refractivity contribution >= 4 is 11.3 Å². The van der Waals surface area contributed by atoms with Crippen LogP contribution >= 0.6 is 11.3 Å². The lowest BCUT2D eigenvalue weighted by Crippen LogP contribution is -2.84. The van der Waals surface area contributed by atoms with Gasteiger partial charge < -0.3 is 10.4 Å². The number of nitrogens with two attached hydrogens (primary N) is 1. The van der Waals surface area contributed by atoms with E-state index in [-0.39, 0.29) is 6.10 Å². The summed E-state index contributed by atoms with van der Waals surface area (Å²) >= 11 is 1.79. The van der Waals surface area contributed by atoms with Gasteiger partial charge in [0, 0.05) is 0 Å². The predicted molar refractivity (Wildman–Crippen MR) is 51.2 cm³/mol. The van der Waals surface area contributed by atoms with Gasteiger partial charge in [0.25, 0.3) is 0 Å². The first-order valence-electron chi connectivity index (χ1n) is 4.23. The van der Waals surface area contributed by atoms with Gasteiger partial charge in [0.2, 0.25) is 0 Å². The second-order valence-electron chi connectivity index (χ2n) is 3.10. The van der Waals surface area contributed by atoms with Crippen LogP contribution in [0.2, 0.25) is 0 Å². The Morgan fingerprint density at radius 2 is 2.42 bits per heavy atom. The van der Waals surface area contributed by atoms with Crippen molar-refractivity contribution in [3.05, 3.63) is 21.9 Å². The number of aryl methyl sites for hydroxylation is 1. The van der Waals surface area contributed by atoms with E-state index in [1.165, 1.54) is 10.4 Å². The molecule has 0 unspecified atom stereocenters. The van der Waals surface area contributed by atoms with Crippen LogP contribution in [-0.2, 0) is 6.54 Å². The standard InChI is InChI=1S/C9H15NOS/c1-7-3-4-12-9(7)6-10-5-8(2)11/h3-4,8,10-11H,5-6H2,1-2H3/p+1/t8-/m1/s1. The number of aliphatic hydroxyl groups excluding tert-OH is 1. The molecule has 0 aliphatic rings. The van der Waals surface area contributed by atoms with E-state index < -0.39 is 0 Å². The Hall–Kier alpha value is -0.380. The number of thiophene rings is 1. The highest BCUT2D eigenvalue weighted by Crippen LogP contribution is 2.13. The van der Waals surface area contributed by atoms with Crippen LogP contribution in [0.1, 0.15) is 17.4 Å². The zero-order chi connectivity index (χ0) is 8.97. The summed E-state index contributed by atoms with van der Waals surface area (Å²) in [5, 5.41) is 13.3. The third kappa shape index (κ3) is 2.93. The van der Waals surface area contributed by atoms with Crippen molar-refractivity contribution in [2.75, 3.05) is 6.54 Å². The summed E-state index contributed by atoms with van der Waals surface area (Å²) in [5.74, 6) is 0. The van der Waals surface area contributed by atoms with Crippen molar-refractivity contribution in [1.29, 1.82) is 0 Å². The molecule has 1 aromatic rings. The summed E-state index contributed by atoms with van der Waals surface area (Å²) in [6, 6.07) is 2.14. The lowest BCUT2D eigenvalue weighted by atomic mass is 10.3. The van der Waals surface area contributed by atoms with Crippen molar-refractivity contribution in [1.82, 2.24) is 0 Å². The number of hydrogen-bond donors (Lipinski definition) is 2. The van der Waals surface area contributed by atoms with E-state index in [2.05, 4.69) is 23.7 Å². The molecule has 3 N–H and O–H groups in total. The zero-order valence-electron chi connectivity index (χ0n) is 7.58. The van der Waals surface area contributed by atoms with Crippen molar-refractivity contribution in [3.8, 4) is 0 Å². The number of rotatable bonds is 4. The minimum atomic E-state index is -0.203. The van der Waals surface area contributed by atoms with Crippen LogP contribution in [-0.4, -0.2) is 17.8 Å². The fourth-order valence-corrected chi connectivity index (χ4v) is 1.97. The first-order chi connectivity index (χ1) is 5.70. The Morgan fingerprint density at radius 3 is 2.92 bits per heavy atom. The topological polar surface area (TPSA) is 36.8 Å². The molecule has 1 aromatic heterocycles. The average Bonchev–Trinajstić information content (AvgIpc) is 2.36. The Morgan fingerprint density at radius 1 is 1.67 bits per heavy atom. The summed E-state index contributed by atoms with van der Waals surface area (Å²) in [4.78, 5) is 1.41. The van der Waals surface area contributed by atoms with Gasteiger partial charge in [0.1, 0.15) is 13.1 Å².